The van der Waals surface area contributed by atoms with Crippen molar-refractivity contribution >= 4 is 22.9 Å². The molecule has 2 unspecified atom stereocenters. The molecule has 1 saturated carbocycles. The molecule has 0 spiro atoms. The molecule has 6 rings (SSSR count). The van der Waals surface area contributed by atoms with E-state index in [4.69, 9.17) is 14.2 Å². The predicted molar refractivity (Wildman–Crippen MR) is 134 cm³/mol. The van der Waals surface area contributed by atoms with Crippen molar-refractivity contribution in [2.24, 2.45) is 0 Å². The average Bonchev–Trinajstić information content (AvgIpc) is 3.69. The van der Waals surface area contributed by atoms with Gasteiger partial charge in [0.15, 0.2) is 5.82 Å². The number of carbonyl (C=O) groups excluding carboxylic acids is 1. The summed E-state index contributed by atoms with van der Waals surface area (Å²) in [5.41, 5.74) is 0.982. The SMILES string of the molecule is O=C(NC1CCC(Oc2cc(-n3c(C(F)F)nc4ccccc43)nc(N3CCOCC3)n2)C1)[C@@H]1CCCO1. The van der Waals surface area contributed by atoms with Crippen molar-refractivity contribution in [1.29, 1.82) is 0 Å². The number of carbonyl (C=O) groups is 1. The molecular formula is C26H30F2N6O4. The Morgan fingerprint density at radius 1 is 1.08 bits per heavy atom. The van der Waals surface area contributed by atoms with Gasteiger partial charge in [-0.25, -0.2) is 13.8 Å². The smallest absolute Gasteiger partial charge is 0.296 e. The molecule has 2 aromatic heterocycles. The maximum Gasteiger partial charge on any atom is 0.296 e. The van der Waals surface area contributed by atoms with E-state index in [1.807, 2.05) is 4.90 Å². The third-order valence-corrected chi connectivity index (χ3v) is 7.22. The number of alkyl halides is 2. The van der Waals surface area contributed by atoms with E-state index in [0.29, 0.717) is 62.2 Å². The van der Waals surface area contributed by atoms with Crippen LogP contribution in [-0.4, -0.2) is 76.6 Å². The number of aromatic nitrogens is 4. The van der Waals surface area contributed by atoms with Gasteiger partial charge in [0.25, 0.3) is 6.43 Å². The Labute approximate surface area is 218 Å². The number of benzene rings is 1. The number of ether oxygens (including phenoxy) is 3. The summed E-state index contributed by atoms with van der Waals surface area (Å²) in [6.07, 6.45) is 0.435. The van der Waals surface area contributed by atoms with Gasteiger partial charge in [0.05, 0.1) is 24.2 Å². The molecule has 202 valence electrons. The zero-order chi connectivity index (χ0) is 26.1. The van der Waals surface area contributed by atoms with Crippen molar-refractivity contribution in [2.75, 3.05) is 37.8 Å². The first kappa shape index (κ1) is 24.9. The average molecular weight is 529 g/mol. The number of para-hydroxylation sites is 2. The van der Waals surface area contributed by atoms with Gasteiger partial charge in [0, 0.05) is 38.2 Å². The number of anilines is 1. The highest BCUT2D eigenvalue weighted by Crippen LogP contribution is 2.31. The van der Waals surface area contributed by atoms with E-state index in [1.165, 1.54) is 4.57 Å². The number of morpholine rings is 1. The van der Waals surface area contributed by atoms with Crippen molar-refractivity contribution < 1.29 is 27.8 Å². The predicted octanol–water partition coefficient (Wildman–Crippen LogP) is 3.18. The summed E-state index contributed by atoms with van der Waals surface area (Å²) in [6.45, 7) is 2.82. The van der Waals surface area contributed by atoms with Gasteiger partial charge < -0.3 is 24.4 Å². The van der Waals surface area contributed by atoms with E-state index in [0.717, 1.165) is 25.7 Å². The molecule has 2 aliphatic heterocycles. The van der Waals surface area contributed by atoms with Gasteiger partial charge in [-0.3, -0.25) is 9.36 Å². The van der Waals surface area contributed by atoms with Crippen LogP contribution in [0.3, 0.4) is 0 Å². The maximum atomic E-state index is 14.1. The summed E-state index contributed by atoms with van der Waals surface area (Å²) in [7, 11) is 0. The van der Waals surface area contributed by atoms with Crippen molar-refractivity contribution in [1.82, 2.24) is 24.8 Å². The molecule has 0 radical (unpaired) electrons. The number of nitrogens with one attached hydrogen (secondary N) is 1. The van der Waals surface area contributed by atoms with Crippen LogP contribution in [0.1, 0.15) is 44.4 Å². The van der Waals surface area contributed by atoms with Crippen LogP contribution in [0.25, 0.3) is 16.9 Å². The van der Waals surface area contributed by atoms with Gasteiger partial charge in [-0.05, 0) is 37.8 Å². The van der Waals surface area contributed by atoms with Crippen LogP contribution >= 0.6 is 0 Å². The molecule has 1 aliphatic carbocycles. The summed E-state index contributed by atoms with van der Waals surface area (Å²) in [6, 6.07) is 8.55. The fraction of sp³-hybridized carbons (Fsp3) is 0.538. The third-order valence-electron chi connectivity index (χ3n) is 7.22. The molecule has 1 amide bonds. The molecule has 1 aromatic carbocycles. The number of nitrogens with zero attached hydrogens (tertiary/aromatic N) is 5. The van der Waals surface area contributed by atoms with E-state index in [1.54, 1.807) is 30.3 Å². The summed E-state index contributed by atoms with van der Waals surface area (Å²) in [4.78, 5) is 27.9. The van der Waals surface area contributed by atoms with E-state index >= 15 is 0 Å². The number of halogens is 2. The summed E-state index contributed by atoms with van der Waals surface area (Å²) in [5.74, 6) is 0.493. The van der Waals surface area contributed by atoms with E-state index in [-0.39, 0.29) is 35.8 Å². The normalized spacial score (nSPS) is 23.9. The minimum atomic E-state index is -2.79. The quantitative estimate of drug-likeness (QED) is 0.499. The molecule has 3 atom stereocenters. The van der Waals surface area contributed by atoms with Gasteiger partial charge in [-0.15, -0.1) is 0 Å². The first-order valence-corrected chi connectivity index (χ1v) is 13.1. The Balaban J connectivity index is 1.28. The standard InChI is InChI=1S/C26H30F2N6O4/c27-23(28)24-30-18-4-1-2-5-19(18)34(24)21-15-22(32-26(31-21)33-9-12-36-13-10-33)38-17-8-7-16(14-17)29-25(35)20-6-3-11-37-20/h1-2,4-5,15-17,20,23H,3,6-14H2,(H,29,35)/t16?,17?,20-/m0/s1. The lowest BCUT2D eigenvalue weighted by atomic mass is 10.2. The molecule has 4 heterocycles. The molecule has 3 fully saturated rings. The molecule has 10 nitrogen and oxygen atoms in total. The number of fused-ring (bicyclic) bond motifs is 1. The molecule has 12 heteroatoms. The van der Waals surface area contributed by atoms with Crippen molar-refractivity contribution in [3.05, 3.63) is 36.2 Å². The first-order chi connectivity index (χ1) is 18.5. The molecule has 3 aromatic rings. The van der Waals surface area contributed by atoms with E-state index in [2.05, 4.69) is 20.3 Å². The monoisotopic (exact) mass is 528 g/mol. The second-order valence-electron chi connectivity index (χ2n) is 9.82. The van der Waals surface area contributed by atoms with Gasteiger partial charge in [0.1, 0.15) is 18.0 Å². The summed E-state index contributed by atoms with van der Waals surface area (Å²) >= 11 is 0. The Bertz CT molecular complexity index is 1290. The molecular weight excluding hydrogens is 498 g/mol. The van der Waals surface area contributed by atoms with Crippen LogP contribution in [0.4, 0.5) is 14.7 Å². The van der Waals surface area contributed by atoms with Gasteiger partial charge in [-0.2, -0.15) is 9.97 Å². The highest BCUT2D eigenvalue weighted by Gasteiger charge is 2.32. The lowest BCUT2D eigenvalue weighted by Gasteiger charge is -2.27. The van der Waals surface area contributed by atoms with Gasteiger partial charge in [0.2, 0.25) is 17.7 Å². The fourth-order valence-corrected chi connectivity index (χ4v) is 5.34. The topological polar surface area (TPSA) is 104 Å². The Morgan fingerprint density at radius 3 is 2.71 bits per heavy atom. The van der Waals surface area contributed by atoms with Crippen LogP contribution in [-0.2, 0) is 14.3 Å². The highest BCUT2D eigenvalue weighted by atomic mass is 19.3. The van der Waals surface area contributed by atoms with E-state index < -0.39 is 6.43 Å². The zero-order valence-electron chi connectivity index (χ0n) is 20.9. The lowest BCUT2D eigenvalue weighted by molar-refractivity contribution is -0.130. The number of hydrogen-bond acceptors (Lipinski definition) is 8. The zero-order valence-corrected chi connectivity index (χ0v) is 20.9. The summed E-state index contributed by atoms with van der Waals surface area (Å²) < 4.78 is 46.7. The second kappa shape index (κ2) is 10.8. The van der Waals surface area contributed by atoms with Crippen molar-refractivity contribution in [2.45, 2.75) is 56.8 Å². The van der Waals surface area contributed by atoms with Crippen molar-refractivity contribution in [3.63, 3.8) is 0 Å². The van der Waals surface area contributed by atoms with Crippen LogP contribution in [0.5, 0.6) is 5.88 Å². The number of amides is 1. The third kappa shape index (κ3) is 5.14. The number of hydrogen-bond donors (Lipinski definition) is 1. The second-order valence-corrected chi connectivity index (χ2v) is 9.82. The molecule has 0 bridgehead atoms. The fourth-order valence-electron chi connectivity index (χ4n) is 5.34. The van der Waals surface area contributed by atoms with Crippen LogP contribution in [0.2, 0.25) is 0 Å². The Kier molecular flexibility index (Phi) is 7.07. The number of rotatable bonds is 7. The Hall–Kier alpha value is -3.38. The van der Waals surface area contributed by atoms with Crippen LogP contribution in [0, 0.1) is 0 Å². The van der Waals surface area contributed by atoms with Gasteiger partial charge >= 0.3 is 0 Å². The number of imidazole rings is 1. The molecule has 38 heavy (non-hydrogen) atoms. The molecule has 1 N–H and O–H groups in total. The summed E-state index contributed by atoms with van der Waals surface area (Å²) in [5, 5.41) is 3.08. The lowest BCUT2D eigenvalue weighted by Crippen LogP contribution is -2.40. The van der Waals surface area contributed by atoms with Crippen molar-refractivity contribution in [3.8, 4) is 11.7 Å². The minimum Gasteiger partial charge on any atom is -0.474 e. The Morgan fingerprint density at radius 2 is 1.92 bits per heavy atom. The van der Waals surface area contributed by atoms with Crippen LogP contribution in [0.15, 0.2) is 30.3 Å². The first-order valence-electron chi connectivity index (χ1n) is 13.1. The minimum absolute atomic E-state index is 0.0141. The molecule has 3 aliphatic rings. The van der Waals surface area contributed by atoms with E-state index in [9.17, 15) is 13.6 Å². The molecule has 2 saturated heterocycles. The van der Waals surface area contributed by atoms with Gasteiger partial charge in [-0.1, -0.05) is 12.1 Å². The highest BCUT2D eigenvalue weighted by molar-refractivity contribution is 5.81. The maximum absolute atomic E-state index is 14.1. The van der Waals surface area contributed by atoms with Crippen LogP contribution < -0.4 is 15.0 Å². The largest absolute Gasteiger partial charge is 0.474 e.